The van der Waals surface area contributed by atoms with E-state index in [1.807, 2.05) is 19.1 Å². The minimum Gasteiger partial charge on any atom is -0.389 e. The first-order valence-electron chi connectivity index (χ1n) is 7.05. The van der Waals surface area contributed by atoms with Gasteiger partial charge in [0.1, 0.15) is 0 Å². The fraction of sp³-hybridized carbons (Fsp3) is 0.389. The molecule has 0 radical (unpaired) electrons. The maximum atomic E-state index is 9.65. The molecule has 2 rings (SSSR count). The normalized spacial score (nSPS) is 13.3. The van der Waals surface area contributed by atoms with E-state index in [1.54, 1.807) is 6.92 Å². The van der Waals surface area contributed by atoms with Gasteiger partial charge in [0.15, 0.2) is 0 Å². The predicted molar refractivity (Wildman–Crippen MR) is 83.7 cm³/mol. The highest BCUT2D eigenvalue weighted by Crippen LogP contribution is 2.26. The molecule has 0 spiro atoms. The number of benzene rings is 1. The van der Waals surface area contributed by atoms with E-state index in [2.05, 4.69) is 50.0 Å². The molecule has 0 aliphatic carbocycles. The third kappa shape index (κ3) is 3.07. The highest BCUT2D eigenvalue weighted by Gasteiger charge is 2.13. The van der Waals surface area contributed by atoms with Crippen molar-refractivity contribution < 1.29 is 5.11 Å². The molecular formula is C18H23NO. The Kier molecular flexibility index (Phi) is 3.96. The van der Waals surface area contributed by atoms with Crippen molar-refractivity contribution in [3.8, 4) is 11.3 Å². The van der Waals surface area contributed by atoms with Crippen LogP contribution < -0.4 is 0 Å². The smallest absolute Gasteiger partial charge is 0.0779 e. The number of pyridine rings is 1. The average molecular weight is 269 g/mol. The number of aromatic nitrogens is 1. The molecule has 2 heteroatoms. The lowest BCUT2D eigenvalue weighted by Gasteiger charge is -2.19. The van der Waals surface area contributed by atoms with Gasteiger partial charge in [-0.1, -0.05) is 51.1 Å². The van der Waals surface area contributed by atoms with Crippen LogP contribution in [0.2, 0.25) is 0 Å². The molecule has 0 fully saturated rings. The van der Waals surface area contributed by atoms with E-state index in [0.29, 0.717) is 0 Å². The molecule has 0 saturated carbocycles. The maximum absolute atomic E-state index is 9.65. The van der Waals surface area contributed by atoms with E-state index in [4.69, 9.17) is 0 Å². The molecule has 1 unspecified atom stereocenters. The van der Waals surface area contributed by atoms with Gasteiger partial charge in [0.2, 0.25) is 0 Å². The molecule has 0 aliphatic rings. The Labute approximate surface area is 121 Å². The summed E-state index contributed by atoms with van der Waals surface area (Å²) in [5.41, 5.74) is 5.32. The average Bonchev–Trinajstić information content (AvgIpc) is 2.37. The Morgan fingerprint density at radius 1 is 1.00 bits per heavy atom. The molecule has 1 aromatic carbocycles. The molecule has 2 aromatic rings. The van der Waals surface area contributed by atoms with Crippen LogP contribution in [0.4, 0.5) is 0 Å². The second-order valence-electron chi connectivity index (χ2n) is 6.37. The van der Waals surface area contributed by atoms with E-state index in [9.17, 15) is 5.11 Å². The molecule has 0 aliphatic heterocycles. The van der Waals surface area contributed by atoms with Crippen LogP contribution in [0.3, 0.4) is 0 Å². The van der Waals surface area contributed by atoms with Crippen molar-refractivity contribution in [2.45, 2.75) is 46.1 Å². The van der Waals surface area contributed by atoms with Gasteiger partial charge < -0.3 is 5.11 Å². The van der Waals surface area contributed by atoms with E-state index >= 15 is 0 Å². The Morgan fingerprint density at radius 2 is 1.60 bits per heavy atom. The standard InChI is InChI=1S/C18H23NO/c1-12-16(13(2)20)10-11-17(19-12)14-6-8-15(9-7-14)18(3,4)5/h6-11,13,20H,1-5H3. The summed E-state index contributed by atoms with van der Waals surface area (Å²) in [6, 6.07) is 12.5. The molecular weight excluding hydrogens is 246 g/mol. The second-order valence-corrected chi connectivity index (χ2v) is 6.37. The van der Waals surface area contributed by atoms with Crippen LogP contribution in [-0.4, -0.2) is 10.1 Å². The zero-order chi connectivity index (χ0) is 14.9. The minimum atomic E-state index is -0.472. The Bertz CT molecular complexity index is 592. The summed E-state index contributed by atoms with van der Waals surface area (Å²) in [5.74, 6) is 0. The zero-order valence-electron chi connectivity index (χ0n) is 12.9. The number of aliphatic hydroxyl groups excluding tert-OH is 1. The summed E-state index contributed by atoms with van der Waals surface area (Å²) >= 11 is 0. The summed E-state index contributed by atoms with van der Waals surface area (Å²) in [6.45, 7) is 10.3. The molecule has 0 saturated heterocycles. The van der Waals surface area contributed by atoms with Crippen molar-refractivity contribution in [2.75, 3.05) is 0 Å². The lowest BCUT2D eigenvalue weighted by atomic mass is 9.86. The van der Waals surface area contributed by atoms with Gasteiger partial charge in [-0.15, -0.1) is 0 Å². The summed E-state index contributed by atoms with van der Waals surface area (Å²) in [6.07, 6.45) is -0.472. The molecule has 0 amide bonds. The Balaban J connectivity index is 2.35. The predicted octanol–water partition coefficient (Wildman–Crippen LogP) is 4.41. The number of hydrogen-bond acceptors (Lipinski definition) is 2. The molecule has 1 N–H and O–H groups in total. The first-order valence-corrected chi connectivity index (χ1v) is 7.05. The fourth-order valence-electron chi connectivity index (χ4n) is 2.32. The summed E-state index contributed by atoms with van der Waals surface area (Å²) in [4.78, 5) is 4.60. The number of rotatable bonds is 2. The van der Waals surface area contributed by atoms with Crippen LogP contribution in [0.5, 0.6) is 0 Å². The number of nitrogens with zero attached hydrogens (tertiary/aromatic N) is 1. The summed E-state index contributed by atoms with van der Waals surface area (Å²) < 4.78 is 0. The van der Waals surface area contributed by atoms with Crippen molar-refractivity contribution in [3.63, 3.8) is 0 Å². The van der Waals surface area contributed by atoms with Gasteiger partial charge in [-0.05, 0) is 30.9 Å². The highest BCUT2D eigenvalue weighted by atomic mass is 16.3. The van der Waals surface area contributed by atoms with E-state index in [1.165, 1.54) is 5.56 Å². The van der Waals surface area contributed by atoms with Crippen LogP contribution in [0.1, 0.15) is 50.6 Å². The SMILES string of the molecule is Cc1nc(-c2ccc(C(C)(C)C)cc2)ccc1C(C)O. The zero-order valence-corrected chi connectivity index (χ0v) is 12.9. The van der Waals surface area contributed by atoms with Crippen molar-refractivity contribution in [1.82, 2.24) is 4.98 Å². The van der Waals surface area contributed by atoms with Crippen molar-refractivity contribution in [3.05, 3.63) is 53.2 Å². The highest BCUT2D eigenvalue weighted by molar-refractivity contribution is 5.60. The van der Waals surface area contributed by atoms with Crippen LogP contribution in [0.25, 0.3) is 11.3 Å². The summed E-state index contributed by atoms with van der Waals surface area (Å²) in [5, 5.41) is 9.65. The van der Waals surface area contributed by atoms with Crippen LogP contribution in [-0.2, 0) is 5.41 Å². The topological polar surface area (TPSA) is 33.1 Å². The molecule has 1 aromatic heterocycles. The van der Waals surface area contributed by atoms with Gasteiger partial charge in [-0.2, -0.15) is 0 Å². The third-order valence-electron chi connectivity index (χ3n) is 3.62. The van der Waals surface area contributed by atoms with Crippen molar-refractivity contribution in [1.29, 1.82) is 0 Å². The van der Waals surface area contributed by atoms with Gasteiger partial charge in [0, 0.05) is 16.8 Å². The Morgan fingerprint density at radius 3 is 2.05 bits per heavy atom. The van der Waals surface area contributed by atoms with Gasteiger partial charge in [-0.25, -0.2) is 0 Å². The summed E-state index contributed by atoms with van der Waals surface area (Å²) in [7, 11) is 0. The number of aryl methyl sites for hydroxylation is 1. The lowest BCUT2D eigenvalue weighted by Crippen LogP contribution is -2.10. The lowest BCUT2D eigenvalue weighted by molar-refractivity contribution is 0.198. The maximum Gasteiger partial charge on any atom is 0.0779 e. The first kappa shape index (κ1) is 14.7. The van der Waals surface area contributed by atoms with Crippen LogP contribution >= 0.6 is 0 Å². The molecule has 1 heterocycles. The number of aliphatic hydroxyl groups is 1. The molecule has 0 bridgehead atoms. The van der Waals surface area contributed by atoms with Crippen molar-refractivity contribution >= 4 is 0 Å². The second kappa shape index (κ2) is 5.37. The molecule has 106 valence electrons. The van der Waals surface area contributed by atoms with Gasteiger partial charge in [0.25, 0.3) is 0 Å². The van der Waals surface area contributed by atoms with Gasteiger partial charge in [-0.3, -0.25) is 4.98 Å². The molecule has 2 nitrogen and oxygen atoms in total. The van der Waals surface area contributed by atoms with E-state index < -0.39 is 6.10 Å². The monoisotopic (exact) mass is 269 g/mol. The van der Waals surface area contributed by atoms with E-state index in [0.717, 1.165) is 22.5 Å². The first-order chi connectivity index (χ1) is 9.29. The fourth-order valence-corrected chi connectivity index (χ4v) is 2.32. The third-order valence-corrected chi connectivity index (χ3v) is 3.62. The number of hydrogen-bond donors (Lipinski definition) is 1. The Hall–Kier alpha value is -1.67. The molecule has 1 atom stereocenters. The minimum absolute atomic E-state index is 0.165. The van der Waals surface area contributed by atoms with Crippen LogP contribution in [0.15, 0.2) is 36.4 Å². The van der Waals surface area contributed by atoms with Crippen molar-refractivity contribution in [2.24, 2.45) is 0 Å². The quantitative estimate of drug-likeness (QED) is 0.876. The van der Waals surface area contributed by atoms with Gasteiger partial charge >= 0.3 is 0 Å². The van der Waals surface area contributed by atoms with E-state index in [-0.39, 0.29) is 5.41 Å². The van der Waals surface area contributed by atoms with Gasteiger partial charge in [0.05, 0.1) is 11.8 Å². The van der Waals surface area contributed by atoms with Crippen LogP contribution in [0, 0.1) is 6.92 Å². The largest absolute Gasteiger partial charge is 0.389 e. The molecule has 20 heavy (non-hydrogen) atoms.